The molecule has 0 fully saturated rings. The summed E-state index contributed by atoms with van der Waals surface area (Å²) < 4.78 is 0. The minimum Gasteiger partial charge on any atom is -0.264 e. The predicted molar refractivity (Wildman–Crippen MR) is 68.0 cm³/mol. The molecule has 0 aliphatic rings. The van der Waals surface area contributed by atoms with Gasteiger partial charge in [-0.05, 0) is 29.7 Å². The summed E-state index contributed by atoms with van der Waals surface area (Å²) in [5, 5.41) is 0.672. The molecule has 1 atom stereocenters. The lowest BCUT2D eigenvalue weighted by Crippen LogP contribution is -1.96. The second-order valence-electron chi connectivity index (χ2n) is 3.55. The molecule has 0 saturated heterocycles. The minimum atomic E-state index is -0.0893. The van der Waals surface area contributed by atoms with Crippen LogP contribution >= 0.6 is 23.2 Å². The van der Waals surface area contributed by atoms with E-state index in [1.54, 1.807) is 12.4 Å². The molecule has 0 spiro atoms. The van der Waals surface area contributed by atoms with Gasteiger partial charge < -0.3 is 0 Å². The van der Waals surface area contributed by atoms with Gasteiger partial charge in [-0.15, -0.1) is 11.6 Å². The number of rotatable bonds is 3. The third-order valence-electron chi connectivity index (χ3n) is 2.40. The molecule has 1 nitrogen and oxygen atoms in total. The van der Waals surface area contributed by atoms with E-state index in [9.17, 15) is 0 Å². The second-order valence-corrected chi connectivity index (χ2v) is 4.48. The second kappa shape index (κ2) is 5.33. The van der Waals surface area contributed by atoms with Crippen LogP contribution in [0.1, 0.15) is 16.5 Å². The topological polar surface area (TPSA) is 12.9 Å². The Hall–Kier alpha value is -1.05. The lowest BCUT2D eigenvalue weighted by molar-refractivity contribution is 0.911. The molecule has 0 radical (unpaired) electrons. The number of benzene rings is 1. The number of pyridine rings is 1. The number of alkyl halides is 1. The molecular formula is C13H11Cl2N. The maximum atomic E-state index is 6.31. The van der Waals surface area contributed by atoms with Gasteiger partial charge in [0.2, 0.25) is 0 Å². The van der Waals surface area contributed by atoms with Gasteiger partial charge in [-0.3, -0.25) is 4.98 Å². The Morgan fingerprint density at radius 3 is 2.62 bits per heavy atom. The van der Waals surface area contributed by atoms with Crippen LogP contribution in [0.25, 0.3) is 0 Å². The molecule has 3 heteroatoms. The minimum absolute atomic E-state index is 0.0893. The summed E-state index contributed by atoms with van der Waals surface area (Å²) >= 11 is 12.4. The highest BCUT2D eigenvalue weighted by Crippen LogP contribution is 2.27. The standard InChI is InChI=1S/C13H11Cl2N/c14-12-6-2-1-4-10(12)8-13(15)11-5-3-7-16-9-11/h1-7,9,13H,8H2. The van der Waals surface area contributed by atoms with Crippen LogP contribution in [0.2, 0.25) is 5.02 Å². The van der Waals surface area contributed by atoms with E-state index in [4.69, 9.17) is 23.2 Å². The largest absolute Gasteiger partial charge is 0.264 e. The van der Waals surface area contributed by atoms with Gasteiger partial charge in [0.25, 0.3) is 0 Å². The van der Waals surface area contributed by atoms with Crippen molar-refractivity contribution >= 4 is 23.2 Å². The van der Waals surface area contributed by atoms with Crippen molar-refractivity contribution in [2.24, 2.45) is 0 Å². The molecule has 0 aliphatic heterocycles. The van der Waals surface area contributed by atoms with Gasteiger partial charge in [0.05, 0.1) is 5.38 Å². The summed E-state index contributed by atoms with van der Waals surface area (Å²) in [6, 6.07) is 11.6. The van der Waals surface area contributed by atoms with Crippen LogP contribution in [0, 0.1) is 0 Å². The van der Waals surface area contributed by atoms with Crippen LogP contribution in [0.15, 0.2) is 48.8 Å². The first kappa shape index (κ1) is 11.4. The Labute approximate surface area is 105 Å². The summed E-state index contributed by atoms with van der Waals surface area (Å²) in [4.78, 5) is 4.05. The Bertz CT molecular complexity index is 456. The first-order valence-electron chi connectivity index (χ1n) is 5.05. The number of hydrogen-bond donors (Lipinski definition) is 0. The van der Waals surface area contributed by atoms with E-state index < -0.39 is 0 Å². The molecule has 2 rings (SSSR count). The fourth-order valence-corrected chi connectivity index (χ4v) is 2.04. The van der Waals surface area contributed by atoms with E-state index in [0.29, 0.717) is 6.42 Å². The molecule has 0 amide bonds. The van der Waals surface area contributed by atoms with Crippen LogP contribution in [-0.2, 0) is 6.42 Å². The molecule has 1 aromatic carbocycles. The Kier molecular flexibility index (Phi) is 3.81. The fraction of sp³-hybridized carbons (Fsp3) is 0.154. The van der Waals surface area contributed by atoms with E-state index in [-0.39, 0.29) is 5.38 Å². The van der Waals surface area contributed by atoms with Crippen LogP contribution in [0.3, 0.4) is 0 Å². The zero-order valence-corrected chi connectivity index (χ0v) is 10.1. The first-order valence-corrected chi connectivity index (χ1v) is 5.86. The van der Waals surface area contributed by atoms with Crippen molar-refractivity contribution in [1.82, 2.24) is 4.98 Å². The van der Waals surface area contributed by atoms with Crippen LogP contribution in [0.5, 0.6) is 0 Å². The summed E-state index contributed by atoms with van der Waals surface area (Å²) in [7, 11) is 0. The Morgan fingerprint density at radius 2 is 1.94 bits per heavy atom. The van der Waals surface area contributed by atoms with Crippen molar-refractivity contribution in [2.75, 3.05) is 0 Å². The Balaban J connectivity index is 2.14. The van der Waals surface area contributed by atoms with Crippen LogP contribution in [-0.4, -0.2) is 4.98 Å². The molecule has 0 saturated carbocycles. The fourth-order valence-electron chi connectivity index (χ4n) is 1.54. The average Bonchev–Trinajstić information content (AvgIpc) is 2.33. The lowest BCUT2D eigenvalue weighted by atomic mass is 10.1. The molecule has 1 heterocycles. The van der Waals surface area contributed by atoms with Gasteiger partial charge in [0.1, 0.15) is 0 Å². The van der Waals surface area contributed by atoms with Crippen molar-refractivity contribution in [3.05, 3.63) is 64.9 Å². The van der Waals surface area contributed by atoms with Crippen molar-refractivity contribution in [3.8, 4) is 0 Å². The summed E-state index contributed by atoms with van der Waals surface area (Å²) in [5.41, 5.74) is 2.08. The highest BCUT2D eigenvalue weighted by atomic mass is 35.5. The van der Waals surface area contributed by atoms with E-state index in [1.165, 1.54) is 0 Å². The molecule has 1 aromatic heterocycles. The normalized spacial score (nSPS) is 12.4. The molecule has 0 N–H and O–H groups in total. The Morgan fingerprint density at radius 1 is 1.12 bits per heavy atom. The van der Waals surface area contributed by atoms with Crippen molar-refractivity contribution in [1.29, 1.82) is 0 Å². The molecular weight excluding hydrogens is 241 g/mol. The molecule has 16 heavy (non-hydrogen) atoms. The maximum Gasteiger partial charge on any atom is 0.0641 e. The van der Waals surface area contributed by atoms with Gasteiger partial charge in [-0.25, -0.2) is 0 Å². The number of aromatic nitrogens is 1. The van der Waals surface area contributed by atoms with E-state index in [2.05, 4.69) is 4.98 Å². The van der Waals surface area contributed by atoms with Crippen LogP contribution in [0.4, 0.5) is 0 Å². The van der Waals surface area contributed by atoms with Gasteiger partial charge in [0, 0.05) is 17.4 Å². The van der Waals surface area contributed by atoms with Gasteiger partial charge in [-0.2, -0.15) is 0 Å². The van der Waals surface area contributed by atoms with E-state index in [1.807, 2.05) is 36.4 Å². The zero-order chi connectivity index (χ0) is 11.4. The zero-order valence-electron chi connectivity index (χ0n) is 8.61. The van der Waals surface area contributed by atoms with Crippen molar-refractivity contribution < 1.29 is 0 Å². The molecule has 82 valence electrons. The third kappa shape index (κ3) is 2.75. The lowest BCUT2D eigenvalue weighted by Gasteiger charge is -2.10. The summed E-state index contributed by atoms with van der Waals surface area (Å²) in [6.45, 7) is 0. The number of hydrogen-bond acceptors (Lipinski definition) is 1. The van der Waals surface area contributed by atoms with Crippen molar-refractivity contribution in [2.45, 2.75) is 11.8 Å². The van der Waals surface area contributed by atoms with Gasteiger partial charge in [0.15, 0.2) is 0 Å². The number of halogens is 2. The van der Waals surface area contributed by atoms with Crippen LogP contribution < -0.4 is 0 Å². The quantitative estimate of drug-likeness (QED) is 0.744. The highest BCUT2D eigenvalue weighted by molar-refractivity contribution is 6.31. The number of nitrogens with zero attached hydrogens (tertiary/aromatic N) is 1. The van der Waals surface area contributed by atoms with E-state index in [0.717, 1.165) is 16.1 Å². The molecule has 0 bridgehead atoms. The monoisotopic (exact) mass is 251 g/mol. The highest BCUT2D eigenvalue weighted by Gasteiger charge is 2.10. The van der Waals surface area contributed by atoms with E-state index >= 15 is 0 Å². The van der Waals surface area contributed by atoms with Gasteiger partial charge in [-0.1, -0.05) is 35.9 Å². The summed E-state index contributed by atoms with van der Waals surface area (Å²) in [6.07, 6.45) is 4.24. The molecule has 0 aliphatic carbocycles. The smallest absolute Gasteiger partial charge is 0.0641 e. The molecule has 2 aromatic rings. The van der Waals surface area contributed by atoms with Crippen molar-refractivity contribution in [3.63, 3.8) is 0 Å². The maximum absolute atomic E-state index is 6.31. The molecule has 1 unspecified atom stereocenters. The average molecular weight is 252 g/mol. The third-order valence-corrected chi connectivity index (χ3v) is 3.18. The first-order chi connectivity index (χ1) is 7.77. The summed E-state index contributed by atoms with van der Waals surface area (Å²) in [5.74, 6) is 0. The predicted octanol–water partition coefficient (Wildman–Crippen LogP) is 4.26. The van der Waals surface area contributed by atoms with Gasteiger partial charge >= 0.3 is 0 Å². The SMILES string of the molecule is Clc1ccccc1CC(Cl)c1cccnc1.